The number of halogens is 1. The number of oxazole rings is 1. The van der Waals surface area contributed by atoms with Gasteiger partial charge < -0.3 is 9.73 Å². The Balaban J connectivity index is 1.51. The van der Waals surface area contributed by atoms with Gasteiger partial charge in [-0.1, -0.05) is 22.0 Å². The highest BCUT2D eigenvalue weighted by atomic mass is 79.9. The molecule has 1 N–H and O–H groups in total. The lowest BCUT2D eigenvalue weighted by Crippen LogP contribution is -2.14. The Bertz CT molecular complexity index is 814. The van der Waals surface area contributed by atoms with Gasteiger partial charge in [0.2, 0.25) is 11.8 Å². The van der Waals surface area contributed by atoms with E-state index in [0.717, 1.165) is 26.5 Å². The molecule has 3 rings (SSSR count). The quantitative estimate of drug-likeness (QED) is 0.581. The van der Waals surface area contributed by atoms with Crippen LogP contribution in [0.1, 0.15) is 11.5 Å². The zero-order valence-electron chi connectivity index (χ0n) is 12.9. The molecular weight excluding hydrogens is 408 g/mol. The SMILES string of the molecule is Cc1oc(-c2cccs2)nc1CSCC(=O)Nc1ccc(Br)cc1. The second-order valence-electron chi connectivity index (χ2n) is 5.05. The van der Waals surface area contributed by atoms with Crippen LogP contribution in [0.4, 0.5) is 5.69 Å². The summed E-state index contributed by atoms with van der Waals surface area (Å²) in [6.45, 7) is 1.90. The molecule has 0 spiro atoms. The van der Waals surface area contributed by atoms with Crippen LogP contribution in [-0.4, -0.2) is 16.6 Å². The van der Waals surface area contributed by atoms with E-state index < -0.39 is 0 Å². The molecule has 1 amide bonds. The monoisotopic (exact) mass is 422 g/mol. The maximum atomic E-state index is 12.0. The lowest BCUT2D eigenvalue weighted by atomic mass is 10.3. The van der Waals surface area contributed by atoms with E-state index >= 15 is 0 Å². The van der Waals surface area contributed by atoms with Gasteiger partial charge in [-0.15, -0.1) is 23.1 Å². The van der Waals surface area contributed by atoms with Gasteiger partial charge in [-0.3, -0.25) is 4.79 Å². The molecule has 3 aromatic rings. The predicted octanol–water partition coefficient (Wildman–Crippen LogP) is 5.35. The minimum Gasteiger partial charge on any atom is -0.440 e. The van der Waals surface area contributed by atoms with Crippen LogP contribution in [0.25, 0.3) is 10.8 Å². The molecule has 0 saturated heterocycles. The third-order valence-corrected chi connectivity index (χ3v) is 5.55. The zero-order valence-corrected chi connectivity index (χ0v) is 16.1. The predicted molar refractivity (Wildman–Crippen MR) is 103 cm³/mol. The first-order chi connectivity index (χ1) is 11.6. The normalized spacial score (nSPS) is 10.8. The molecule has 0 saturated carbocycles. The summed E-state index contributed by atoms with van der Waals surface area (Å²) in [5.74, 6) is 2.45. The molecule has 0 aliphatic rings. The fourth-order valence-corrected chi connectivity index (χ4v) is 3.77. The van der Waals surface area contributed by atoms with Crippen molar-refractivity contribution in [1.29, 1.82) is 0 Å². The van der Waals surface area contributed by atoms with Gasteiger partial charge in [-0.05, 0) is 42.6 Å². The van der Waals surface area contributed by atoms with Crippen LogP contribution < -0.4 is 5.32 Å². The summed E-state index contributed by atoms with van der Waals surface area (Å²) in [4.78, 5) is 17.5. The van der Waals surface area contributed by atoms with Crippen LogP contribution in [0.15, 0.2) is 50.7 Å². The molecular formula is C17H15BrN2O2S2. The second-order valence-corrected chi connectivity index (χ2v) is 7.90. The minimum absolute atomic E-state index is 0.0260. The summed E-state index contributed by atoms with van der Waals surface area (Å²) < 4.78 is 6.69. The highest BCUT2D eigenvalue weighted by Gasteiger charge is 2.13. The van der Waals surface area contributed by atoms with E-state index in [-0.39, 0.29) is 5.91 Å². The number of thioether (sulfide) groups is 1. The van der Waals surface area contributed by atoms with E-state index in [1.807, 2.05) is 48.7 Å². The fourth-order valence-electron chi connectivity index (χ4n) is 2.04. The standard InChI is InChI=1S/C17H15BrN2O2S2/c1-11-14(20-17(22-11)15-3-2-8-24-15)9-23-10-16(21)19-13-6-4-12(18)5-7-13/h2-8H,9-10H2,1H3,(H,19,21). The Labute approximate surface area is 156 Å². The number of thiophene rings is 1. The van der Waals surface area contributed by atoms with Crippen LogP contribution in [0, 0.1) is 6.92 Å². The molecule has 0 atom stereocenters. The second kappa shape index (κ2) is 8.00. The number of anilines is 1. The minimum atomic E-state index is -0.0260. The van der Waals surface area contributed by atoms with Crippen molar-refractivity contribution in [3.63, 3.8) is 0 Å². The average Bonchev–Trinajstić information content (AvgIpc) is 3.20. The van der Waals surface area contributed by atoms with Crippen LogP contribution in [0.5, 0.6) is 0 Å². The van der Waals surface area contributed by atoms with Crippen molar-refractivity contribution in [2.24, 2.45) is 0 Å². The molecule has 0 aliphatic heterocycles. The maximum absolute atomic E-state index is 12.0. The molecule has 7 heteroatoms. The van der Waals surface area contributed by atoms with E-state index in [0.29, 0.717) is 17.4 Å². The first-order valence-corrected chi connectivity index (χ1v) is 10.1. The largest absolute Gasteiger partial charge is 0.440 e. The highest BCUT2D eigenvalue weighted by Crippen LogP contribution is 2.27. The summed E-state index contributed by atoms with van der Waals surface area (Å²) in [5.41, 5.74) is 1.68. The van der Waals surface area contributed by atoms with Crippen molar-refractivity contribution in [3.8, 4) is 10.8 Å². The van der Waals surface area contributed by atoms with Crippen molar-refractivity contribution < 1.29 is 9.21 Å². The van der Waals surface area contributed by atoms with Crippen molar-refractivity contribution in [2.45, 2.75) is 12.7 Å². The topological polar surface area (TPSA) is 55.1 Å². The fraction of sp³-hybridized carbons (Fsp3) is 0.176. The van der Waals surface area contributed by atoms with Crippen LogP contribution in [-0.2, 0) is 10.5 Å². The average molecular weight is 423 g/mol. The molecule has 24 heavy (non-hydrogen) atoms. The molecule has 0 aliphatic carbocycles. The molecule has 124 valence electrons. The third kappa shape index (κ3) is 4.49. The molecule has 1 aromatic carbocycles. The summed E-state index contributed by atoms with van der Waals surface area (Å²) in [7, 11) is 0. The zero-order chi connectivity index (χ0) is 16.9. The third-order valence-electron chi connectivity index (χ3n) is 3.22. The number of hydrogen-bond donors (Lipinski definition) is 1. The van der Waals surface area contributed by atoms with Crippen molar-refractivity contribution >= 4 is 50.6 Å². The molecule has 0 fully saturated rings. The Morgan fingerprint density at radius 1 is 1.33 bits per heavy atom. The number of aryl methyl sites for hydroxylation is 1. The smallest absolute Gasteiger partial charge is 0.236 e. The highest BCUT2D eigenvalue weighted by molar-refractivity contribution is 9.10. The summed E-state index contributed by atoms with van der Waals surface area (Å²) >= 11 is 6.49. The molecule has 0 bridgehead atoms. The van der Waals surface area contributed by atoms with Crippen molar-refractivity contribution in [1.82, 2.24) is 4.98 Å². The number of nitrogens with zero attached hydrogens (tertiary/aromatic N) is 1. The van der Waals surface area contributed by atoms with Gasteiger partial charge in [0.05, 0.1) is 16.3 Å². The van der Waals surface area contributed by atoms with E-state index in [9.17, 15) is 4.79 Å². The van der Waals surface area contributed by atoms with E-state index in [1.165, 1.54) is 11.8 Å². The van der Waals surface area contributed by atoms with Gasteiger partial charge in [-0.2, -0.15) is 0 Å². The van der Waals surface area contributed by atoms with E-state index in [1.54, 1.807) is 11.3 Å². The molecule has 2 aromatic heterocycles. The number of carbonyl (C=O) groups is 1. The number of rotatable bonds is 6. The van der Waals surface area contributed by atoms with Crippen LogP contribution in [0.3, 0.4) is 0 Å². The molecule has 2 heterocycles. The number of amides is 1. The maximum Gasteiger partial charge on any atom is 0.236 e. The van der Waals surface area contributed by atoms with Crippen molar-refractivity contribution in [3.05, 3.63) is 57.7 Å². The van der Waals surface area contributed by atoms with Gasteiger partial charge in [0, 0.05) is 15.9 Å². The number of carbonyl (C=O) groups excluding carboxylic acids is 1. The number of nitrogens with one attached hydrogen (secondary N) is 1. The van der Waals surface area contributed by atoms with Gasteiger partial charge in [-0.25, -0.2) is 4.98 Å². The Hall–Kier alpha value is -1.57. The van der Waals surface area contributed by atoms with Crippen LogP contribution >= 0.6 is 39.0 Å². The van der Waals surface area contributed by atoms with E-state index in [2.05, 4.69) is 26.2 Å². The lowest BCUT2D eigenvalue weighted by molar-refractivity contribution is -0.113. The van der Waals surface area contributed by atoms with Gasteiger partial charge in [0.25, 0.3) is 0 Å². The Morgan fingerprint density at radius 3 is 2.83 bits per heavy atom. The Kier molecular flexibility index (Phi) is 5.76. The van der Waals surface area contributed by atoms with Crippen molar-refractivity contribution in [2.75, 3.05) is 11.1 Å². The number of hydrogen-bond acceptors (Lipinski definition) is 5. The van der Waals surface area contributed by atoms with E-state index in [4.69, 9.17) is 4.42 Å². The molecule has 4 nitrogen and oxygen atoms in total. The lowest BCUT2D eigenvalue weighted by Gasteiger charge is -2.04. The number of aromatic nitrogens is 1. The first-order valence-electron chi connectivity index (χ1n) is 7.25. The molecule has 0 unspecified atom stereocenters. The van der Waals surface area contributed by atoms with Gasteiger partial charge >= 0.3 is 0 Å². The summed E-state index contributed by atoms with van der Waals surface area (Å²) in [6, 6.07) is 11.5. The summed E-state index contributed by atoms with van der Waals surface area (Å²) in [6.07, 6.45) is 0. The van der Waals surface area contributed by atoms with Crippen LogP contribution in [0.2, 0.25) is 0 Å². The van der Waals surface area contributed by atoms with Gasteiger partial charge in [0.15, 0.2) is 0 Å². The molecule has 0 radical (unpaired) electrons. The summed E-state index contributed by atoms with van der Waals surface area (Å²) in [5, 5.41) is 4.87. The van der Waals surface area contributed by atoms with Gasteiger partial charge in [0.1, 0.15) is 5.76 Å². The Morgan fingerprint density at radius 2 is 2.12 bits per heavy atom. The first kappa shape index (κ1) is 17.3. The number of benzene rings is 1.